The Morgan fingerprint density at radius 1 is 1.42 bits per heavy atom. The molecule has 3 N–H and O–H groups in total. The molecule has 0 aliphatic carbocycles. The first-order valence-electron chi connectivity index (χ1n) is 7.95. The molecule has 0 bridgehead atoms. The van der Waals surface area contributed by atoms with Crippen molar-refractivity contribution in [1.82, 2.24) is 24.8 Å². The minimum absolute atomic E-state index is 0.409. The molecule has 3 aromatic rings. The lowest BCUT2D eigenvalue weighted by molar-refractivity contribution is -0.144. The number of fused-ring (bicyclic) bond motifs is 2. The Morgan fingerprint density at radius 2 is 2.25 bits per heavy atom. The van der Waals surface area contributed by atoms with Crippen LogP contribution in [0.25, 0.3) is 11.0 Å². The number of carboxylic acid groups (broad SMARTS) is 1. The molecule has 0 spiro atoms. The molecule has 4 rings (SSSR count). The van der Waals surface area contributed by atoms with Crippen LogP contribution in [-0.4, -0.2) is 42.0 Å². The predicted molar refractivity (Wildman–Crippen MR) is 88.5 cm³/mol. The zero-order valence-corrected chi connectivity index (χ0v) is 13.6. The van der Waals surface area contributed by atoms with Crippen molar-refractivity contribution in [3.05, 3.63) is 46.8 Å². The summed E-state index contributed by atoms with van der Waals surface area (Å²) in [6, 6.07) is 3.50. The van der Waals surface area contributed by atoms with Crippen LogP contribution in [0.1, 0.15) is 28.3 Å². The van der Waals surface area contributed by atoms with E-state index in [1.165, 1.54) is 5.56 Å². The normalized spacial score (nSPS) is 18.0. The van der Waals surface area contributed by atoms with Gasteiger partial charge in [-0.1, -0.05) is 6.07 Å². The number of aliphatic carboxylic acids is 1. The van der Waals surface area contributed by atoms with Gasteiger partial charge in [0.05, 0.1) is 35.3 Å². The molecule has 7 heteroatoms. The molecule has 0 saturated heterocycles. The number of rotatable bonds is 3. The van der Waals surface area contributed by atoms with Gasteiger partial charge in [0.1, 0.15) is 11.9 Å². The minimum atomic E-state index is -0.827. The largest absolute Gasteiger partial charge is 0.480 e. The lowest BCUT2D eigenvalue weighted by Crippen LogP contribution is -2.45. The summed E-state index contributed by atoms with van der Waals surface area (Å²) in [6.07, 6.45) is 2.03. The number of carboxylic acids is 1. The van der Waals surface area contributed by atoms with Crippen molar-refractivity contribution in [2.45, 2.75) is 39.4 Å². The summed E-state index contributed by atoms with van der Waals surface area (Å²) in [4.78, 5) is 28.9. The van der Waals surface area contributed by atoms with Gasteiger partial charge in [-0.3, -0.25) is 9.69 Å². The number of nitrogens with one attached hydrogen (secondary N) is 2. The van der Waals surface area contributed by atoms with Gasteiger partial charge in [0, 0.05) is 13.0 Å². The van der Waals surface area contributed by atoms with Gasteiger partial charge in [-0.15, -0.1) is 0 Å². The van der Waals surface area contributed by atoms with E-state index in [1.807, 2.05) is 11.0 Å². The minimum Gasteiger partial charge on any atom is -0.480 e. The van der Waals surface area contributed by atoms with Crippen LogP contribution < -0.4 is 0 Å². The maximum absolute atomic E-state index is 11.6. The van der Waals surface area contributed by atoms with Crippen molar-refractivity contribution in [3.8, 4) is 0 Å². The molecule has 1 atom stereocenters. The Morgan fingerprint density at radius 3 is 3.04 bits per heavy atom. The van der Waals surface area contributed by atoms with Gasteiger partial charge in [-0.25, -0.2) is 9.97 Å². The average molecular weight is 325 g/mol. The fourth-order valence-corrected chi connectivity index (χ4v) is 3.33. The van der Waals surface area contributed by atoms with Gasteiger partial charge in [0.15, 0.2) is 0 Å². The van der Waals surface area contributed by atoms with Gasteiger partial charge in [0.25, 0.3) is 0 Å². The fourth-order valence-electron chi connectivity index (χ4n) is 3.33. The number of nitrogens with zero attached hydrogens (tertiary/aromatic N) is 3. The van der Waals surface area contributed by atoms with Crippen LogP contribution in [0.4, 0.5) is 0 Å². The van der Waals surface area contributed by atoms with Crippen LogP contribution in [0.2, 0.25) is 0 Å². The maximum Gasteiger partial charge on any atom is 0.321 e. The van der Waals surface area contributed by atoms with Gasteiger partial charge >= 0.3 is 5.97 Å². The molecular formula is C17H19N5O2. The highest BCUT2D eigenvalue weighted by atomic mass is 16.4. The summed E-state index contributed by atoms with van der Waals surface area (Å²) in [6.45, 7) is 5.11. The van der Waals surface area contributed by atoms with Crippen LogP contribution in [0.5, 0.6) is 0 Å². The van der Waals surface area contributed by atoms with Crippen LogP contribution in [0, 0.1) is 13.8 Å². The topological polar surface area (TPSA) is 97.9 Å². The standard InChI is InChI=1S/C17H19N5O2/c1-9-3-4-11-16(10(9)2)21-15(20-11)7-22-6-13-12(18-8-19-13)5-14(22)17(23)24/h3-4,8,14H,5-7H2,1-2H3,(H,18,19)(H,20,21)(H,23,24)/t14-/m1/s1. The number of hydrogen-bond acceptors (Lipinski definition) is 4. The number of aromatic nitrogens is 4. The summed E-state index contributed by atoms with van der Waals surface area (Å²) < 4.78 is 0. The summed E-state index contributed by atoms with van der Waals surface area (Å²) >= 11 is 0. The van der Waals surface area contributed by atoms with Crippen molar-refractivity contribution < 1.29 is 9.90 Å². The van der Waals surface area contributed by atoms with Gasteiger partial charge in [-0.05, 0) is 31.0 Å². The smallest absolute Gasteiger partial charge is 0.321 e. The van der Waals surface area contributed by atoms with E-state index < -0.39 is 12.0 Å². The zero-order chi connectivity index (χ0) is 16.8. The Bertz CT molecular complexity index is 926. The van der Waals surface area contributed by atoms with Crippen molar-refractivity contribution in [1.29, 1.82) is 0 Å². The average Bonchev–Trinajstić information content (AvgIpc) is 3.16. The number of aryl methyl sites for hydroxylation is 2. The molecule has 1 aliphatic heterocycles. The molecule has 0 unspecified atom stereocenters. The summed E-state index contributed by atoms with van der Waals surface area (Å²) in [5.74, 6) is -0.0419. The highest BCUT2D eigenvalue weighted by Crippen LogP contribution is 2.24. The van der Waals surface area contributed by atoms with E-state index in [4.69, 9.17) is 0 Å². The van der Waals surface area contributed by atoms with E-state index in [9.17, 15) is 9.90 Å². The molecule has 7 nitrogen and oxygen atoms in total. The molecule has 0 saturated carbocycles. The van der Waals surface area contributed by atoms with Crippen molar-refractivity contribution >= 4 is 17.0 Å². The van der Waals surface area contributed by atoms with E-state index in [-0.39, 0.29) is 0 Å². The van der Waals surface area contributed by atoms with Crippen molar-refractivity contribution in [2.75, 3.05) is 0 Å². The first kappa shape index (κ1) is 14.9. The first-order valence-corrected chi connectivity index (χ1v) is 7.95. The van der Waals surface area contributed by atoms with Crippen LogP contribution in [0.15, 0.2) is 18.5 Å². The Balaban J connectivity index is 1.66. The lowest BCUT2D eigenvalue weighted by Gasteiger charge is -2.31. The molecule has 3 heterocycles. The molecule has 1 aliphatic rings. The van der Waals surface area contributed by atoms with Gasteiger partial charge < -0.3 is 15.1 Å². The van der Waals surface area contributed by atoms with E-state index in [2.05, 4.69) is 39.8 Å². The SMILES string of the molecule is Cc1ccc2[nH]c(CN3Cc4[nH]cnc4C[C@@H]3C(=O)O)nc2c1C. The Labute approximate surface area is 138 Å². The molecule has 124 valence electrons. The second-order valence-electron chi connectivity index (χ2n) is 6.38. The third kappa shape index (κ3) is 2.37. The Hall–Kier alpha value is -2.67. The van der Waals surface area contributed by atoms with Crippen LogP contribution >= 0.6 is 0 Å². The lowest BCUT2D eigenvalue weighted by atomic mass is 10.0. The highest BCUT2D eigenvalue weighted by molar-refractivity contribution is 5.80. The number of imidazole rings is 2. The summed E-state index contributed by atoms with van der Waals surface area (Å²) in [5.41, 5.74) is 6.11. The quantitative estimate of drug-likeness (QED) is 0.683. The van der Waals surface area contributed by atoms with Gasteiger partial charge in [-0.2, -0.15) is 0 Å². The van der Waals surface area contributed by atoms with Crippen molar-refractivity contribution in [3.63, 3.8) is 0 Å². The number of carbonyl (C=O) groups is 1. The first-order chi connectivity index (χ1) is 11.5. The zero-order valence-electron chi connectivity index (χ0n) is 13.6. The molecule has 24 heavy (non-hydrogen) atoms. The number of hydrogen-bond donors (Lipinski definition) is 3. The predicted octanol–water partition coefficient (Wildman–Crippen LogP) is 1.91. The van der Waals surface area contributed by atoms with Gasteiger partial charge in [0.2, 0.25) is 0 Å². The molecule has 0 fully saturated rings. The second kappa shape index (κ2) is 5.45. The molecule has 0 amide bonds. The number of H-pyrrole nitrogens is 2. The van der Waals surface area contributed by atoms with Crippen LogP contribution in [-0.2, 0) is 24.3 Å². The molecule has 2 aromatic heterocycles. The molecule has 1 aromatic carbocycles. The van der Waals surface area contributed by atoms with E-state index in [1.54, 1.807) is 6.33 Å². The third-order valence-corrected chi connectivity index (χ3v) is 4.86. The van der Waals surface area contributed by atoms with E-state index in [0.717, 1.165) is 33.8 Å². The number of aromatic amines is 2. The monoisotopic (exact) mass is 325 g/mol. The van der Waals surface area contributed by atoms with Crippen molar-refractivity contribution in [2.24, 2.45) is 0 Å². The summed E-state index contributed by atoms with van der Waals surface area (Å²) in [5, 5.41) is 9.56. The highest BCUT2D eigenvalue weighted by Gasteiger charge is 2.33. The third-order valence-electron chi connectivity index (χ3n) is 4.86. The number of benzene rings is 1. The second-order valence-corrected chi connectivity index (χ2v) is 6.38. The Kier molecular flexibility index (Phi) is 3.38. The fraction of sp³-hybridized carbons (Fsp3) is 0.353. The van der Waals surface area contributed by atoms with E-state index in [0.29, 0.717) is 19.5 Å². The molecule has 0 radical (unpaired) electrons. The van der Waals surface area contributed by atoms with E-state index >= 15 is 0 Å². The van der Waals surface area contributed by atoms with Crippen LogP contribution in [0.3, 0.4) is 0 Å². The maximum atomic E-state index is 11.6. The summed E-state index contributed by atoms with van der Waals surface area (Å²) in [7, 11) is 0. The molecular weight excluding hydrogens is 306 g/mol.